The predicted molar refractivity (Wildman–Crippen MR) is 103 cm³/mol. The first kappa shape index (κ1) is 17.6. The van der Waals surface area contributed by atoms with Crippen LogP contribution in [0.1, 0.15) is 24.0 Å². The van der Waals surface area contributed by atoms with Crippen LogP contribution in [-0.4, -0.2) is 51.3 Å². The zero-order valence-electron chi connectivity index (χ0n) is 15.2. The third-order valence-electron chi connectivity index (χ3n) is 5.09. The van der Waals surface area contributed by atoms with E-state index in [0.29, 0.717) is 13.1 Å². The summed E-state index contributed by atoms with van der Waals surface area (Å²) in [4.78, 5) is 17.2. The Balaban J connectivity index is 1.70. The molecule has 1 fully saturated rings. The molecule has 4 rings (SSSR count). The Kier molecular flexibility index (Phi) is 4.83. The smallest absolute Gasteiger partial charge is 0.355 e. The summed E-state index contributed by atoms with van der Waals surface area (Å²) in [6.07, 6.45) is 9.19. The highest BCUT2D eigenvalue weighted by Crippen LogP contribution is 2.28. The van der Waals surface area contributed by atoms with Crippen molar-refractivity contribution in [2.75, 3.05) is 13.1 Å². The first-order valence-electron chi connectivity index (χ1n) is 9.27. The van der Waals surface area contributed by atoms with Gasteiger partial charge in [-0.3, -0.25) is 4.90 Å². The number of urea groups is 1. The second-order valence-electron chi connectivity index (χ2n) is 6.95. The molecule has 3 heterocycles. The van der Waals surface area contributed by atoms with Gasteiger partial charge in [0, 0.05) is 31.9 Å². The fourth-order valence-electron chi connectivity index (χ4n) is 3.69. The quantitative estimate of drug-likeness (QED) is 0.837. The van der Waals surface area contributed by atoms with Gasteiger partial charge in [0.2, 0.25) is 0 Å². The van der Waals surface area contributed by atoms with E-state index in [9.17, 15) is 4.79 Å². The Morgan fingerprint density at radius 2 is 2.04 bits per heavy atom. The van der Waals surface area contributed by atoms with Crippen molar-refractivity contribution in [1.29, 1.82) is 0 Å². The van der Waals surface area contributed by atoms with Gasteiger partial charge in [0.25, 0.3) is 0 Å². The molecule has 0 radical (unpaired) electrons. The molecule has 0 saturated carbocycles. The summed E-state index contributed by atoms with van der Waals surface area (Å²) >= 11 is 0. The summed E-state index contributed by atoms with van der Waals surface area (Å²) in [6, 6.07) is 7.86. The van der Waals surface area contributed by atoms with Crippen LogP contribution in [0.25, 0.3) is 0 Å². The molecule has 2 amide bonds. The van der Waals surface area contributed by atoms with Crippen molar-refractivity contribution in [2.45, 2.75) is 32.0 Å². The maximum absolute atomic E-state index is 13.2. The van der Waals surface area contributed by atoms with Crippen LogP contribution in [0.5, 0.6) is 0 Å². The van der Waals surface area contributed by atoms with Crippen molar-refractivity contribution in [2.24, 2.45) is 16.6 Å². The lowest BCUT2D eigenvalue weighted by atomic mass is 10.1. The molecule has 1 aromatic carbocycles. The average molecular weight is 367 g/mol. The minimum atomic E-state index is -0.195. The molecule has 142 valence electrons. The Morgan fingerprint density at radius 1 is 1.22 bits per heavy atom. The van der Waals surface area contributed by atoms with Crippen molar-refractivity contribution in [3.05, 3.63) is 59.7 Å². The van der Waals surface area contributed by atoms with Crippen LogP contribution in [0.4, 0.5) is 4.79 Å². The van der Waals surface area contributed by atoms with Gasteiger partial charge in [0.1, 0.15) is 5.82 Å². The molecule has 27 heavy (non-hydrogen) atoms. The van der Waals surface area contributed by atoms with Crippen molar-refractivity contribution >= 4 is 12.2 Å². The van der Waals surface area contributed by atoms with Gasteiger partial charge in [0.05, 0.1) is 19.0 Å². The summed E-state index contributed by atoms with van der Waals surface area (Å²) in [6.45, 7) is 2.48. The number of carbonyl (C=O) groups excluding carboxylic acids is 1. The average Bonchev–Trinajstić information content (AvgIpc) is 2.70. The topological polar surface area (TPSA) is 94.4 Å². The molecule has 0 aromatic heterocycles. The molecule has 4 N–H and O–H groups in total. The van der Waals surface area contributed by atoms with E-state index in [2.05, 4.69) is 10.0 Å². The van der Waals surface area contributed by atoms with E-state index in [4.69, 9.17) is 11.5 Å². The summed E-state index contributed by atoms with van der Waals surface area (Å²) < 4.78 is 0. The second kappa shape index (κ2) is 7.42. The Hall–Kier alpha value is -2.84. The summed E-state index contributed by atoms with van der Waals surface area (Å²) in [5.41, 5.74) is 14.2. The number of rotatable bonds is 4. The van der Waals surface area contributed by atoms with Crippen LogP contribution in [0.3, 0.4) is 0 Å². The van der Waals surface area contributed by atoms with E-state index in [0.717, 1.165) is 42.9 Å². The number of amides is 2. The SMILES string of the molecule is NCc1ccccc1CN1C(=O)N2N=CC=CN2C=C1N1CCCC(N)C1. The van der Waals surface area contributed by atoms with E-state index < -0.39 is 0 Å². The highest BCUT2D eigenvalue weighted by molar-refractivity contribution is 5.80. The van der Waals surface area contributed by atoms with E-state index in [-0.39, 0.29) is 12.1 Å². The number of likely N-dealkylation sites (tertiary alicyclic amines) is 1. The van der Waals surface area contributed by atoms with Gasteiger partial charge in [-0.25, -0.2) is 9.80 Å². The van der Waals surface area contributed by atoms with Gasteiger partial charge in [-0.05, 0) is 30.0 Å². The number of piperidine rings is 1. The predicted octanol–water partition coefficient (Wildman–Crippen LogP) is 1.34. The number of hydrogen-bond acceptors (Lipinski definition) is 6. The van der Waals surface area contributed by atoms with Crippen molar-refractivity contribution in [3.8, 4) is 0 Å². The minimum absolute atomic E-state index is 0.112. The second-order valence-corrected chi connectivity index (χ2v) is 6.95. The van der Waals surface area contributed by atoms with Crippen LogP contribution < -0.4 is 11.5 Å². The van der Waals surface area contributed by atoms with E-state index in [1.807, 2.05) is 36.7 Å². The number of allylic oxidation sites excluding steroid dienone is 1. The molecule has 1 aromatic rings. The largest absolute Gasteiger partial charge is 0.366 e. The molecule has 1 saturated heterocycles. The number of hydrogen-bond donors (Lipinski definition) is 2. The Labute approximate surface area is 158 Å². The molecule has 0 aliphatic carbocycles. The van der Waals surface area contributed by atoms with Crippen molar-refractivity contribution in [3.63, 3.8) is 0 Å². The van der Waals surface area contributed by atoms with Gasteiger partial charge in [0.15, 0.2) is 0 Å². The monoisotopic (exact) mass is 367 g/mol. The first-order chi connectivity index (χ1) is 13.2. The number of carbonyl (C=O) groups is 1. The molecular formula is C19H25N7O. The molecule has 3 aliphatic rings. The molecule has 1 atom stereocenters. The summed E-state index contributed by atoms with van der Waals surface area (Å²) in [7, 11) is 0. The Morgan fingerprint density at radius 3 is 2.81 bits per heavy atom. The van der Waals surface area contributed by atoms with E-state index in [1.54, 1.807) is 22.2 Å². The van der Waals surface area contributed by atoms with E-state index >= 15 is 0 Å². The highest BCUT2D eigenvalue weighted by atomic mass is 16.2. The first-order valence-corrected chi connectivity index (χ1v) is 9.27. The van der Waals surface area contributed by atoms with Gasteiger partial charge >= 0.3 is 6.03 Å². The van der Waals surface area contributed by atoms with Crippen LogP contribution >= 0.6 is 0 Å². The van der Waals surface area contributed by atoms with Crippen molar-refractivity contribution < 1.29 is 4.79 Å². The fourth-order valence-corrected chi connectivity index (χ4v) is 3.69. The van der Waals surface area contributed by atoms with Crippen LogP contribution in [0.15, 0.2) is 53.7 Å². The third-order valence-corrected chi connectivity index (χ3v) is 5.09. The lowest BCUT2D eigenvalue weighted by Gasteiger charge is -2.45. The number of fused-ring (bicyclic) bond motifs is 1. The normalized spacial score (nSPS) is 22.2. The standard InChI is InChI=1S/C19H25N7O/c20-11-15-5-1-2-6-16(15)12-25-18(23-9-3-7-17(21)13-23)14-24-10-4-8-22-26(24)19(25)27/h1-2,4-6,8,10,14,17H,3,7,9,11-13,20-21H2. The molecular weight excluding hydrogens is 342 g/mol. The van der Waals surface area contributed by atoms with Gasteiger partial charge in [-0.1, -0.05) is 24.3 Å². The lowest BCUT2D eigenvalue weighted by molar-refractivity contribution is 0.0402. The highest BCUT2D eigenvalue weighted by Gasteiger charge is 2.36. The van der Waals surface area contributed by atoms with Gasteiger partial charge in [-0.15, -0.1) is 5.12 Å². The third kappa shape index (κ3) is 3.41. The van der Waals surface area contributed by atoms with Gasteiger partial charge < -0.3 is 16.4 Å². The maximum Gasteiger partial charge on any atom is 0.366 e. The zero-order chi connectivity index (χ0) is 18.8. The number of nitrogens with two attached hydrogens (primary N) is 2. The molecule has 3 aliphatic heterocycles. The maximum atomic E-state index is 13.2. The lowest BCUT2D eigenvalue weighted by Crippen LogP contribution is -2.55. The molecule has 8 nitrogen and oxygen atoms in total. The molecule has 1 unspecified atom stereocenters. The van der Waals surface area contributed by atoms with Crippen LogP contribution in [0, 0.1) is 0 Å². The summed E-state index contributed by atoms with van der Waals surface area (Å²) in [5.74, 6) is 0.847. The zero-order valence-corrected chi connectivity index (χ0v) is 15.2. The van der Waals surface area contributed by atoms with Crippen LogP contribution in [-0.2, 0) is 13.1 Å². The Bertz CT molecular complexity index is 803. The van der Waals surface area contributed by atoms with Crippen molar-refractivity contribution in [1.82, 2.24) is 19.9 Å². The number of hydrazine groups is 1. The summed E-state index contributed by atoms with van der Waals surface area (Å²) in [5, 5.41) is 7.28. The number of nitrogens with zero attached hydrogens (tertiary/aromatic N) is 5. The number of hydrazone groups is 1. The number of benzene rings is 1. The molecule has 0 spiro atoms. The fraction of sp³-hybridized carbons (Fsp3) is 0.368. The minimum Gasteiger partial charge on any atom is -0.355 e. The molecule has 0 bridgehead atoms. The van der Waals surface area contributed by atoms with Gasteiger partial charge in [-0.2, -0.15) is 5.10 Å². The molecule has 8 heteroatoms. The van der Waals surface area contributed by atoms with E-state index in [1.165, 1.54) is 5.12 Å². The van der Waals surface area contributed by atoms with Crippen LogP contribution in [0.2, 0.25) is 0 Å².